The first-order valence-corrected chi connectivity index (χ1v) is 10.7. The van der Waals surface area contributed by atoms with Crippen LogP contribution in [0.5, 0.6) is 5.75 Å². The quantitative estimate of drug-likeness (QED) is 0.723. The number of carbonyl (C=O) groups excluding carboxylic acids is 2. The van der Waals surface area contributed by atoms with Crippen molar-refractivity contribution >= 4 is 41.1 Å². The molecule has 1 N–H and O–H groups in total. The smallest absolute Gasteiger partial charge is 0.343 e. The number of nitrogens with one attached hydrogen (secondary N) is 1. The molecular weight excluding hydrogens is 382 g/mol. The van der Waals surface area contributed by atoms with Crippen molar-refractivity contribution in [1.29, 1.82) is 0 Å². The summed E-state index contributed by atoms with van der Waals surface area (Å²) in [5, 5.41) is 2.85. The summed E-state index contributed by atoms with van der Waals surface area (Å²) in [5.41, 5.74) is 2.45. The highest BCUT2D eigenvalue weighted by Gasteiger charge is 2.17. The molecule has 1 amide bonds. The molecule has 27 heavy (non-hydrogen) atoms. The summed E-state index contributed by atoms with van der Waals surface area (Å²) in [6.45, 7) is -0.174. The summed E-state index contributed by atoms with van der Waals surface area (Å²) in [6, 6.07) is 14.7. The number of thioether (sulfide) groups is 2. The Morgan fingerprint density at radius 1 is 1.11 bits per heavy atom. The maximum Gasteiger partial charge on any atom is 0.343 e. The van der Waals surface area contributed by atoms with Crippen molar-refractivity contribution in [2.75, 3.05) is 30.5 Å². The molecule has 0 aromatic heterocycles. The number of amides is 1. The van der Waals surface area contributed by atoms with Crippen molar-refractivity contribution in [1.82, 2.24) is 0 Å². The van der Waals surface area contributed by atoms with Crippen molar-refractivity contribution in [3.63, 3.8) is 0 Å². The molecule has 0 spiro atoms. The molecule has 0 saturated carbocycles. The average molecular weight is 404 g/mol. The van der Waals surface area contributed by atoms with E-state index in [1.807, 2.05) is 47.8 Å². The third kappa shape index (κ3) is 5.68. The Kier molecular flexibility index (Phi) is 7.06. The summed E-state index contributed by atoms with van der Waals surface area (Å²) in [5.74, 6) is 2.22. The fourth-order valence-electron chi connectivity index (χ4n) is 2.54. The highest BCUT2D eigenvalue weighted by Crippen LogP contribution is 2.43. The number of anilines is 1. The molecule has 142 valence electrons. The fourth-order valence-corrected chi connectivity index (χ4v) is 5.43. The Balaban J connectivity index is 1.60. The number of benzene rings is 2. The van der Waals surface area contributed by atoms with Crippen LogP contribution in [-0.2, 0) is 9.53 Å². The number of methoxy groups -OCH3 is 1. The molecule has 0 bridgehead atoms. The second kappa shape index (κ2) is 9.71. The fraction of sp³-hybridized carbons (Fsp3) is 0.300. The number of rotatable bonds is 6. The lowest BCUT2D eigenvalue weighted by Crippen LogP contribution is -2.14. The predicted molar refractivity (Wildman–Crippen MR) is 111 cm³/mol. The van der Waals surface area contributed by atoms with Crippen LogP contribution in [0.1, 0.15) is 26.9 Å². The van der Waals surface area contributed by atoms with Gasteiger partial charge in [-0.15, -0.1) is 23.5 Å². The van der Waals surface area contributed by atoms with Crippen LogP contribution in [0.4, 0.5) is 5.69 Å². The van der Waals surface area contributed by atoms with Crippen LogP contribution in [0.3, 0.4) is 0 Å². The molecule has 7 heteroatoms. The van der Waals surface area contributed by atoms with Crippen LogP contribution in [0, 0.1) is 0 Å². The highest BCUT2D eigenvalue weighted by molar-refractivity contribution is 8.16. The maximum absolute atomic E-state index is 12.5. The number of esters is 1. The molecule has 1 aliphatic heterocycles. The van der Waals surface area contributed by atoms with E-state index in [-0.39, 0.29) is 12.5 Å². The van der Waals surface area contributed by atoms with Crippen molar-refractivity contribution in [2.45, 2.75) is 11.0 Å². The van der Waals surface area contributed by atoms with Gasteiger partial charge in [0.25, 0.3) is 5.91 Å². The Labute approximate surface area is 167 Å². The van der Waals surface area contributed by atoms with Crippen LogP contribution in [-0.4, -0.2) is 37.1 Å². The maximum atomic E-state index is 12.5. The Morgan fingerprint density at radius 3 is 2.56 bits per heavy atom. The van der Waals surface area contributed by atoms with Crippen LogP contribution < -0.4 is 10.1 Å². The minimum atomic E-state index is -0.459. The molecule has 3 rings (SSSR count). The molecule has 2 aromatic carbocycles. The van der Waals surface area contributed by atoms with Gasteiger partial charge in [-0.1, -0.05) is 18.2 Å². The summed E-state index contributed by atoms with van der Waals surface area (Å²) in [7, 11) is 1.30. The molecule has 1 heterocycles. The van der Waals surface area contributed by atoms with Crippen molar-refractivity contribution in [3.8, 4) is 5.75 Å². The Bertz CT molecular complexity index is 789. The minimum absolute atomic E-state index is 0.174. The third-order valence-corrected chi connectivity index (χ3v) is 6.96. The van der Waals surface area contributed by atoms with E-state index in [0.29, 0.717) is 21.6 Å². The van der Waals surface area contributed by atoms with Gasteiger partial charge >= 0.3 is 5.97 Å². The number of ether oxygens (including phenoxy) is 2. The van der Waals surface area contributed by atoms with E-state index < -0.39 is 5.97 Å². The summed E-state index contributed by atoms with van der Waals surface area (Å²) in [4.78, 5) is 23.6. The summed E-state index contributed by atoms with van der Waals surface area (Å²) >= 11 is 3.92. The van der Waals surface area contributed by atoms with Crippen molar-refractivity contribution < 1.29 is 19.1 Å². The second-order valence-electron chi connectivity index (χ2n) is 5.90. The first-order valence-electron chi connectivity index (χ1n) is 8.60. The van der Waals surface area contributed by atoms with Gasteiger partial charge in [0.05, 0.1) is 11.7 Å². The topological polar surface area (TPSA) is 64.6 Å². The lowest BCUT2D eigenvalue weighted by molar-refractivity contribution is -0.142. The third-order valence-electron chi connectivity index (χ3n) is 3.95. The SMILES string of the molecule is COC(=O)COc1cccc(NC(=O)c2ccc(C3SCCCS3)cc2)c1. The molecule has 0 unspecified atom stereocenters. The number of hydrogen-bond donors (Lipinski definition) is 1. The van der Waals surface area contributed by atoms with Gasteiger partial charge in [0.1, 0.15) is 5.75 Å². The molecule has 0 radical (unpaired) electrons. The van der Waals surface area contributed by atoms with E-state index in [1.165, 1.54) is 30.6 Å². The van der Waals surface area contributed by atoms with Gasteiger partial charge in [0, 0.05) is 17.3 Å². The van der Waals surface area contributed by atoms with Crippen LogP contribution in [0.25, 0.3) is 0 Å². The van der Waals surface area contributed by atoms with Crippen molar-refractivity contribution in [2.24, 2.45) is 0 Å². The summed E-state index contributed by atoms with van der Waals surface area (Å²) in [6.07, 6.45) is 1.26. The highest BCUT2D eigenvalue weighted by atomic mass is 32.2. The zero-order valence-electron chi connectivity index (χ0n) is 15.0. The van der Waals surface area contributed by atoms with Crippen molar-refractivity contribution in [3.05, 3.63) is 59.7 Å². The van der Waals surface area contributed by atoms with Gasteiger partial charge < -0.3 is 14.8 Å². The van der Waals surface area contributed by atoms with Gasteiger partial charge in [0.2, 0.25) is 0 Å². The van der Waals surface area contributed by atoms with E-state index in [0.717, 1.165) is 0 Å². The molecule has 0 atom stereocenters. The molecular formula is C20H21NO4S2. The van der Waals surface area contributed by atoms with Crippen LogP contribution in [0.2, 0.25) is 0 Å². The second-order valence-corrected chi connectivity index (χ2v) is 8.62. The van der Waals surface area contributed by atoms with E-state index in [4.69, 9.17) is 4.74 Å². The Hall–Kier alpha value is -2.12. The minimum Gasteiger partial charge on any atom is -0.482 e. The molecule has 5 nitrogen and oxygen atoms in total. The zero-order valence-corrected chi connectivity index (χ0v) is 16.6. The van der Waals surface area contributed by atoms with E-state index >= 15 is 0 Å². The van der Waals surface area contributed by atoms with Gasteiger partial charge in [-0.2, -0.15) is 0 Å². The molecule has 0 aliphatic carbocycles. The molecule has 1 aliphatic rings. The largest absolute Gasteiger partial charge is 0.482 e. The van der Waals surface area contributed by atoms with Gasteiger partial charge in [0.15, 0.2) is 6.61 Å². The van der Waals surface area contributed by atoms with Gasteiger partial charge in [-0.3, -0.25) is 4.79 Å². The average Bonchev–Trinajstić information content (AvgIpc) is 2.73. The monoisotopic (exact) mass is 403 g/mol. The number of hydrogen-bond acceptors (Lipinski definition) is 6. The molecule has 2 aromatic rings. The Morgan fingerprint density at radius 2 is 1.85 bits per heavy atom. The molecule has 1 saturated heterocycles. The van der Waals surface area contributed by atoms with E-state index in [9.17, 15) is 9.59 Å². The normalized spacial score (nSPS) is 14.4. The first-order chi connectivity index (χ1) is 13.2. The van der Waals surface area contributed by atoms with Gasteiger partial charge in [-0.25, -0.2) is 4.79 Å². The number of carbonyl (C=O) groups is 2. The van der Waals surface area contributed by atoms with Crippen LogP contribution in [0.15, 0.2) is 48.5 Å². The lowest BCUT2D eigenvalue weighted by Gasteiger charge is -2.21. The summed E-state index contributed by atoms with van der Waals surface area (Å²) < 4.78 is 10.3. The first kappa shape index (κ1) is 19.6. The standard InChI is InChI=1S/C20H21NO4S2/c1-24-18(22)13-25-17-5-2-4-16(12-17)21-19(23)14-6-8-15(9-7-14)20-26-10-3-11-27-20/h2,4-9,12,20H,3,10-11,13H2,1H3,(H,21,23). The zero-order chi connectivity index (χ0) is 19.1. The lowest BCUT2D eigenvalue weighted by atomic mass is 10.1. The van der Waals surface area contributed by atoms with E-state index in [2.05, 4.69) is 10.1 Å². The van der Waals surface area contributed by atoms with E-state index in [1.54, 1.807) is 24.3 Å². The molecule has 1 fully saturated rings. The van der Waals surface area contributed by atoms with Crippen LogP contribution >= 0.6 is 23.5 Å². The predicted octanol–water partition coefficient (Wildman–Crippen LogP) is 4.36. The van der Waals surface area contributed by atoms with Gasteiger partial charge in [-0.05, 0) is 47.8 Å².